The lowest BCUT2D eigenvalue weighted by Gasteiger charge is -2.17. The highest BCUT2D eigenvalue weighted by atomic mass is 14.9. The highest BCUT2D eigenvalue weighted by Crippen LogP contribution is 2.20. The monoisotopic (exact) mass is 241 g/mol. The zero-order valence-electron chi connectivity index (χ0n) is 10.9. The molecular formula is C15H19N3. The van der Waals surface area contributed by atoms with Crippen LogP contribution in [0, 0.1) is 0 Å². The SMILES string of the molecule is CCNC(c1ccc(CC)cc1)c1cnccn1. The molecule has 0 aliphatic carbocycles. The quantitative estimate of drug-likeness (QED) is 0.874. The van der Waals surface area contributed by atoms with Crippen LogP contribution in [0.4, 0.5) is 0 Å². The van der Waals surface area contributed by atoms with Gasteiger partial charge in [0.25, 0.3) is 0 Å². The van der Waals surface area contributed by atoms with Crippen LogP contribution in [-0.4, -0.2) is 16.5 Å². The van der Waals surface area contributed by atoms with Crippen molar-refractivity contribution in [2.24, 2.45) is 0 Å². The first-order valence-electron chi connectivity index (χ1n) is 6.43. The molecule has 0 aliphatic heterocycles. The van der Waals surface area contributed by atoms with E-state index in [-0.39, 0.29) is 6.04 Å². The average Bonchev–Trinajstić information content (AvgIpc) is 2.46. The summed E-state index contributed by atoms with van der Waals surface area (Å²) in [6.45, 7) is 5.17. The van der Waals surface area contributed by atoms with Gasteiger partial charge in [0.1, 0.15) is 0 Å². The molecule has 0 bridgehead atoms. The standard InChI is InChI=1S/C15H19N3/c1-3-12-5-7-13(8-6-12)15(17-4-2)14-11-16-9-10-18-14/h5-11,15,17H,3-4H2,1-2H3. The van der Waals surface area contributed by atoms with Crippen molar-refractivity contribution < 1.29 is 0 Å². The molecule has 1 N–H and O–H groups in total. The Kier molecular flexibility index (Phi) is 4.42. The van der Waals surface area contributed by atoms with Crippen molar-refractivity contribution in [1.82, 2.24) is 15.3 Å². The predicted molar refractivity (Wildman–Crippen MR) is 73.4 cm³/mol. The number of rotatable bonds is 5. The molecule has 2 rings (SSSR count). The highest BCUT2D eigenvalue weighted by Gasteiger charge is 2.13. The number of hydrogen-bond acceptors (Lipinski definition) is 3. The maximum atomic E-state index is 4.39. The molecular weight excluding hydrogens is 222 g/mol. The van der Waals surface area contributed by atoms with Gasteiger partial charge in [-0.05, 0) is 24.1 Å². The lowest BCUT2D eigenvalue weighted by molar-refractivity contribution is 0.612. The number of benzene rings is 1. The predicted octanol–water partition coefficient (Wildman–Crippen LogP) is 2.74. The first kappa shape index (κ1) is 12.7. The smallest absolute Gasteiger partial charge is 0.0801 e. The summed E-state index contributed by atoms with van der Waals surface area (Å²) in [5.41, 5.74) is 3.55. The molecule has 1 heterocycles. The Labute approximate surface area is 108 Å². The van der Waals surface area contributed by atoms with E-state index in [4.69, 9.17) is 0 Å². The van der Waals surface area contributed by atoms with Gasteiger partial charge in [0.2, 0.25) is 0 Å². The van der Waals surface area contributed by atoms with Crippen molar-refractivity contribution in [2.45, 2.75) is 26.3 Å². The van der Waals surface area contributed by atoms with Gasteiger partial charge in [0.05, 0.1) is 17.9 Å². The molecule has 0 amide bonds. The van der Waals surface area contributed by atoms with E-state index >= 15 is 0 Å². The zero-order valence-corrected chi connectivity index (χ0v) is 10.9. The summed E-state index contributed by atoms with van der Waals surface area (Å²) >= 11 is 0. The van der Waals surface area contributed by atoms with Gasteiger partial charge in [-0.2, -0.15) is 0 Å². The highest BCUT2D eigenvalue weighted by molar-refractivity contribution is 5.29. The van der Waals surface area contributed by atoms with E-state index in [1.54, 1.807) is 12.4 Å². The van der Waals surface area contributed by atoms with Crippen molar-refractivity contribution in [3.05, 3.63) is 59.7 Å². The third kappa shape index (κ3) is 2.93. The summed E-state index contributed by atoms with van der Waals surface area (Å²) in [6, 6.07) is 8.81. The van der Waals surface area contributed by atoms with Gasteiger partial charge in [-0.15, -0.1) is 0 Å². The van der Waals surface area contributed by atoms with E-state index < -0.39 is 0 Å². The molecule has 0 aliphatic rings. The van der Waals surface area contributed by atoms with Gasteiger partial charge in [0.15, 0.2) is 0 Å². The van der Waals surface area contributed by atoms with Crippen LogP contribution in [-0.2, 0) is 6.42 Å². The number of nitrogens with zero attached hydrogens (tertiary/aromatic N) is 2. The molecule has 1 aromatic carbocycles. The third-order valence-electron chi connectivity index (χ3n) is 3.01. The van der Waals surface area contributed by atoms with Crippen LogP contribution in [0.15, 0.2) is 42.9 Å². The van der Waals surface area contributed by atoms with E-state index in [0.29, 0.717) is 0 Å². The van der Waals surface area contributed by atoms with E-state index in [2.05, 4.69) is 53.4 Å². The van der Waals surface area contributed by atoms with Crippen LogP contribution in [0.25, 0.3) is 0 Å². The lowest BCUT2D eigenvalue weighted by Crippen LogP contribution is -2.23. The Morgan fingerprint density at radius 3 is 2.44 bits per heavy atom. The van der Waals surface area contributed by atoms with Gasteiger partial charge in [-0.1, -0.05) is 38.1 Å². The van der Waals surface area contributed by atoms with Gasteiger partial charge >= 0.3 is 0 Å². The molecule has 1 atom stereocenters. The van der Waals surface area contributed by atoms with Gasteiger partial charge in [0, 0.05) is 12.4 Å². The van der Waals surface area contributed by atoms with Crippen LogP contribution >= 0.6 is 0 Å². The number of aromatic nitrogens is 2. The molecule has 18 heavy (non-hydrogen) atoms. The van der Waals surface area contributed by atoms with Crippen LogP contribution in [0.5, 0.6) is 0 Å². The maximum absolute atomic E-state index is 4.39. The molecule has 3 nitrogen and oxygen atoms in total. The number of nitrogens with one attached hydrogen (secondary N) is 1. The maximum Gasteiger partial charge on any atom is 0.0801 e. The van der Waals surface area contributed by atoms with Crippen molar-refractivity contribution in [2.75, 3.05) is 6.54 Å². The van der Waals surface area contributed by atoms with Crippen molar-refractivity contribution in [3.63, 3.8) is 0 Å². The lowest BCUT2D eigenvalue weighted by atomic mass is 10.0. The second-order valence-electron chi connectivity index (χ2n) is 4.22. The Balaban J connectivity index is 2.29. The number of aryl methyl sites for hydroxylation is 1. The average molecular weight is 241 g/mol. The second kappa shape index (κ2) is 6.26. The van der Waals surface area contributed by atoms with Gasteiger partial charge < -0.3 is 5.32 Å². The van der Waals surface area contributed by atoms with Crippen molar-refractivity contribution in [1.29, 1.82) is 0 Å². The van der Waals surface area contributed by atoms with Gasteiger partial charge in [-0.3, -0.25) is 9.97 Å². The third-order valence-corrected chi connectivity index (χ3v) is 3.01. The van der Waals surface area contributed by atoms with Crippen LogP contribution in [0.3, 0.4) is 0 Å². The topological polar surface area (TPSA) is 37.8 Å². The second-order valence-corrected chi connectivity index (χ2v) is 4.22. The van der Waals surface area contributed by atoms with Crippen LogP contribution < -0.4 is 5.32 Å². The van der Waals surface area contributed by atoms with Crippen LogP contribution in [0.2, 0.25) is 0 Å². The minimum atomic E-state index is 0.120. The fraction of sp³-hybridized carbons (Fsp3) is 0.333. The zero-order chi connectivity index (χ0) is 12.8. The summed E-state index contributed by atoms with van der Waals surface area (Å²) in [7, 11) is 0. The molecule has 2 aromatic rings. The minimum absolute atomic E-state index is 0.120. The molecule has 1 aromatic heterocycles. The largest absolute Gasteiger partial charge is 0.305 e. The normalized spacial score (nSPS) is 12.3. The molecule has 0 saturated carbocycles. The van der Waals surface area contributed by atoms with Crippen molar-refractivity contribution in [3.8, 4) is 0 Å². The number of hydrogen-bond donors (Lipinski definition) is 1. The molecule has 3 heteroatoms. The molecule has 0 radical (unpaired) electrons. The summed E-state index contributed by atoms with van der Waals surface area (Å²) in [5, 5.41) is 3.45. The molecule has 0 saturated heterocycles. The van der Waals surface area contributed by atoms with E-state index in [9.17, 15) is 0 Å². The van der Waals surface area contributed by atoms with Crippen molar-refractivity contribution >= 4 is 0 Å². The van der Waals surface area contributed by atoms with E-state index in [1.165, 1.54) is 11.1 Å². The van der Waals surface area contributed by atoms with Gasteiger partial charge in [-0.25, -0.2) is 0 Å². The minimum Gasteiger partial charge on any atom is -0.305 e. The summed E-state index contributed by atoms with van der Waals surface area (Å²) in [6.07, 6.45) is 6.32. The first-order valence-corrected chi connectivity index (χ1v) is 6.43. The molecule has 1 unspecified atom stereocenters. The Bertz CT molecular complexity index is 465. The summed E-state index contributed by atoms with van der Waals surface area (Å²) in [4.78, 5) is 8.54. The Morgan fingerprint density at radius 2 is 1.89 bits per heavy atom. The fourth-order valence-corrected chi connectivity index (χ4v) is 2.00. The summed E-state index contributed by atoms with van der Waals surface area (Å²) < 4.78 is 0. The Morgan fingerprint density at radius 1 is 1.11 bits per heavy atom. The van der Waals surface area contributed by atoms with E-state index in [1.807, 2.05) is 6.20 Å². The molecule has 0 fully saturated rings. The summed E-state index contributed by atoms with van der Waals surface area (Å²) in [5.74, 6) is 0. The van der Waals surface area contributed by atoms with Crippen LogP contribution in [0.1, 0.15) is 36.7 Å². The van der Waals surface area contributed by atoms with E-state index in [0.717, 1.165) is 18.7 Å². The molecule has 0 spiro atoms. The fourth-order valence-electron chi connectivity index (χ4n) is 2.00. The Hall–Kier alpha value is -1.74. The first-order chi connectivity index (χ1) is 8.85. The molecule has 94 valence electrons.